The van der Waals surface area contributed by atoms with Gasteiger partial charge in [0, 0.05) is 17.3 Å². The van der Waals surface area contributed by atoms with E-state index in [0.29, 0.717) is 16.8 Å². The third-order valence-electron chi connectivity index (χ3n) is 3.81. The highest BCUT2D eigenvalue weighted by molar-refractivity contribution is 7.98. The van der Waals surface area contributed by atoms with Crippen LogP contribution in [0.25, 0.3) is 27.9 Å². The first kappa shape index (κ1) is 14.8. The van der Waals surface area contributed by atoms with Crippen molar-refractivity contribution in [2.45, 2.75) is 5.16 Å². The Morgan fingerprint density at radius 1 is 1.04 bits per heavy atom. The molecule has 24 heavy (non-hydrogen) atoms. The van der Waals surface area contributed by atoms with Crippen LogP contribution in [0, 0.1) is 0 Å². The smallest absolute Gasteiger partial charge is 0.345 e. The first-order valence-electron chi connectivity index (χ1n) is 7.48. The van der Waals surface area contributed by atoms with Crippen LogP contribution in [0.3, 0.4) is 0 Å². The van der Waals surface area contributed by atoms with Gasteiger partial charge in [-0.25, -0.2) is 9.78 Å². The molecule has 0 spiro atoms. The monoisotopic (exact) mass is 334 g/mol. The summed E-state index contributed by atoms with van der Waals surface area (Å²) in [6.07, 6.45) is 3.84. The molecule has 0 bridgehead atoms. The fraction of sp³-hybridized carbons (Fsp3) is 0.0526. The first-order valence-corrected chi connectivity index (χ1v) is 8.71. The van der Waals surface area contributed by atoms with Gasteiger partial charge in [-0.1, -0.05) is 48.2 Å². The van der Waals surface area contributed by atoms with Gasteiger partial charge in [0.2, 0.25) is 0 Å². The number of nitrogens with zero attached hydrogens (tertiary/aromatic N) is 2. The van der Waals surface area contributed by atoms with Crippen molar-refractivity contribution in [1.82, 2.24) is 9.55 Å². The summed E-state index contributed by atoms with van der Waals surface area (Å²) in [5, 5.41) is 1.70. The molecular weight excluding hydrogens is 320 g/mol. The van der Waals surface area contributed by atoms with Gasteiger partial charge in [-0.2, -0.15) is 0 Å². The number of para-hydroxylation sites is 2. The van der Waals surface area contributed by atoms with E-state index in [2.05, 4.69) is 4.98 Å². The summed E-state index contributed by atoms with van der Waals surface area (Å²) in [5.74, 6) is 0. The number of imidazole rings is 1. The van der Waals surface area contributed by atoms with Gasteiger partial charge in [-0.15, -0.1) is 0 Å². The molecule has 0 amide bonds. The second-order valence-corrected chi connectivity index (χ2v) is 6.08. The Kier molecular flexibility index (Phi) is 3.70. The lowest BCUT2D eigenvalue weighted by Crippen LogP contribution is -2.02. The largest absolute Gasteiger partial charge is 0.422 e. The highest BCUT2D eigenvalue weighted by Gasteiger charge is 2.14. The molecule has 0 saturated carbocycles. The van der Waals surface area contributed by atoms with Gasteiger partial charge in [0.15, 0.2) is 5.16 Å². The summed E-state index contributed by atoms with van der Waals surface area (Å²) in [4.78, 5) is 17.0. The molecule has 0 radical (unpaired) electrons. The highest BCUT2D eigenvalue weighted by Crippen LogP contribution is 2.26. The Morgan fingerprint density at radius 3 is 2.58 bits per heavy atom. The number of fused-ring (bicyclic) bond motifs is 1. The maximum Gasteiger partial charge on any atom is 0.345 e. The number of hydrogen-bond acceptors (Lipinski definition) is 4. The SMILES string of the molecule is CSc1nc(-c2cc3ccccc3oc2=O)cn1-c1ccccc1. The first-order chi connectivity index (χ1) is 11.8. The fourth-order valence-electron chi connectivity index (χ4n) is 2.65. The van der Waals surface area contributed by atoms with Crippen molar-refractivity contribution < 1.29 is 4.42 Å². The molecule has 0 saturated heterocycles. The molecule has 2 aromatic heterocycles. The van der Waals surface area contributed by atoms with Crippen LogP contribution in [0.15, 0.2) is 81.2 Å². The summed E-state index contributed by atoms with van der Waals surface area (Å²) in [6, 6.07) is 19.3. The molecule has 2 aromatic carbocycles. The van der Waals surface area contributed by atoms with Crippen molar-refractivity contribution in [1.29, 1.82) is 0 Å². The third-order valence-corrected chi connectivity index (χ3v) is 4.46. The normalized spacial score (nSPS) is 11.0. The van der Waals surface area contributed by atoms with Crippen LogP contribution in [0.2, 0.25) is 0 Å². The van der Waals surface area contributed by atoms with E-state index in [0.717, 1.165) is 16.2 Å². The summed E-state index contributed by atoms with van der Waals surface area (Å²) in [7, 11) is 0. The molecule has 0 N–H and O–H groups in total. The molecule has 4 aromatic rings. The van der Waals surface area contributed by atoms with Gasteiger partial charge in [0.05, 0.1) is 11.3 Å². The zero-order valence-electron chi connectivity index (χ0n) is 13.0. The van der Waals surface area contributed by atoms with Crippen LogP contribution in [-0.2, 0) is 0 Å². The summed E-state index contributed by atoms with van der Waals surface area (Å²) in [6.45, 7) is 0. The van der Waals surface area contributed by atoms with E-state index in [1.165, 1.54) is 11.8 Å². The average Bonchev–Trinajstić information content (AvgIpc) is 3.06. The van der Waals surface area contributed by atoms with Crippen molar-refractivity contribution in [2.24, 2.45) is 0 Å². The Balaban J connectivity index is 1.90. The molecule has 0 fully saturated rings. The lowest BCUT2D eigenvalue weighted by Gasteiger charge is -2.04. The molecular formula is C19H14N2O2S. The fourth-order valence-corrected chi connectivity index (χ4v) is 3.20. The van der Waals surface area contributed by atoms with Crippen molar-refractivity contribution in [2.75, 3.05) is 6.26 Å². The van der Waals surface area contributed by atoms with Gasteiger partial charge in [-0.05, 0) is 30.5 Å². The average molecular weight is 334 g/mol. The number of thioether (sulfide) groups is 1. The zero-order chi connectivity index (χ0) is 16.5. The van der Waals surface area contributed by atoms with Crippen LogP contribution in [0.1, 0.15) is 0 Å². The van der Waals surface area contributed by atoms with E-state index in [1.807, 2.05) is 71.6 Å². The van der Waals surface area contributed by atoms with E-state index >= 15 is 0 Å². The van der Waals surface area contributed by atoms with E-state index in [9.17, 15) is 4.79 Å². The number of rotatable bonds is 3. The molecule has 0 unspecified atom stereocenters. The lowest BCUT2D eigenvalue weighted by molar-refractivity contribution is 0.563. The zero-order valence-corrected chi connectivity index (χ0v) is 13.8. The number of hydrogen-bond donors (Lipinski definition) is 0. The topological polar surface area (TPSA) is 48.0 Å². The van der Waals surface area contributed by atoms with Crippen molar-refractivity contribution >= 4 is 22.7 Å². The molecule has 4 rings (SSSR count). The minimum atomic E-state index is -0.376. The molecule has 0 aliphatic rings. The van der Waals surface area contributed by atoms with E-state index < -0.39 is 0 Å². The van der Waals surface area contributed by atoms with Crippen LogP contribution < -0.4 is 5.63 Å². The highest BCUT2D eigenvalue weighted by atomic mass is 32.2. The maximum absolute atomic E-state index is 12.4. The molecule has 2 heterocycles. The molecule has 118 valence electrons. The number of benzene rings is 2. The van der Waals surface area contributed by atoms with Crippen molar-refractivity contribution in [3.63, 3.8) is 0 Å². The quantitative estimate of drug-likeness (QED) is 0.412. The molecule has 4 nitrogen and oxygen atoms in total. The van der Waals surface area contributed by atoms with Gasteiger partial charge in [0.25, 0.3) is 0 Å². The summed E-state index contributed by atoms with van der Waals surface area (Å²) < 4.78 is 7.40. The van der Waals surface area contributed by atoms with E-state index in [4.69, 9.17) is 4.42 Å². The van der Waals surface area contributed by atoms with Crippen LogP contribution in [0.5, 0.6) is 0 Å². The second kappa shape index (κ2) is 6.02. The standard InChI is InChI=1S/C19H14N2O2S/c1-24-19-20-16(12-21(19)14-8-3-2-4-9-14)15-11-13-7-5-6-10-17(13)23-18(15)22/h2-12H,1H3. The van der Waals surface area contributed by atoms with Crippen molar-refractivity contribution in [3.05, 3.63) is 77.3 Å². The third kappa shape index (κ3) is 2.53. The minimum absolute atomic E-state index is 0.376. The predicted molar refractivity (Wildman–Crippen MR) is 96.8 cm³/mol. The molecule has 0 atom stereocenters. The maximum atomic E-state index is 12.4. The molecule has 0 aliphatic carbocycles. The van der Waals surface area contributed by atoms with E-state index in [-0.39, 0.29) is 5.63 Å². The van der Waals surface area contributed by atoms with Gasteiger partial charge >= 0.3 is 5.63 Å². The Bertz CT molecular complexity index is 1070. The Labute approximate surface area is 142 Å². The second-order valence-electron chi connectivity index (χ2n) is 5.30. The van der Waals surface area contributed by atoms with Crippen LogP contribution in [0.4, 0.5) is 0 Å². The predicted octanol–water partition coefficient (Wildman–Crippen LogP) is 4.37. The lowest BCUT2D eigenvalue weighted by atomic mass is 10.1. The van der Waals surface area contributed by atoms with E-state index in [1.54, 1.807) is 6.07 Å². The van der Waals surface area contributed by atoms with Crippen molar-refractivity contribution in [3.8, 4) is 16.9 Å². The molecule has 0 aliphatic heterocycles. The Morgan fingerprint density at radius 2 is 1.79 bits per heavy atom. The summed E-state index contributed by atoms with van der Waals surface area (Å²) in [5.41, 5.74) is 2.30. The minimum Gasteiger partial charge on any atom is -0.422 e. The number of aromatic nitrogens is 2. The van der Waals surface area contributed by atoms with Gasteiger partial charge in [0.1, 0.15) is 5.58 Å². The van der Waals surface area contributed by atoms with Gasteiger partial charge in [-0.3, -0.25) is 4.57 Å². The molecule has 5 heteroatoms. The Hall–Kier alpha value is -2.79. The van der Waals surface area contributed by atoms with Crippen LogP contribution in [-0.4, -0.2) is 15.8 Å². The van der Waals surface area contributed by atoms with Crippen LogP contribution >= 0.6 is 11.8 Å². The summed E-state index contributed by atoms with van der Waals surface area (Å²) >= 11 is 1.53. The van der Waals surface area contributed by atoms with Gasteiger partial charge < -0.3 is 4.42 Å².